The van der Waals surface area contributed by atoms with Crippen LogP contribution in [-0.2, 0) is 12.0 Å². The van der Waals surface area contributed by atoms with E-state index in [0.717, 1.165) is 24.5 Å². The van der Waals surface area contributed by atoms with Gasteiger partial charge in [-0.2, -0.15) is 0 Å². The Morgan fingerprint density at radius 3 is 2.85 bits per heavy atom. The topological polar surface area (TPSA) is 34.2 Å². The summed E-state index contributed by atoms with van der Waals surface area (Å²) in [7, 11) is 1.95. The molecule has 104 valence electrons. The second kappa shape index (κ2) is 4.91. The number of hydrogen-bond donors (Lipinski definition) is 1. The number of pyridine rings is 1. The summed E-state index contributed by atoms with van der Waals surface area (Å²) in [6, 6.07) is 8.61. The van der Waals surface area contributed by atoms with Crippen LogP contribution in [0.4, 0.5) is 0 Å². The van der Waals surface area contributed by atoms with Gasteiger partial charge in [0.1, 0.15) is 5.75 Å². The Morgan fingerprint density at radius 2 is 2.05 bits per heavy atom. The number of ether oxygens (including phenoxy) is 1. The fourth-order valence-electron chi connectivity index (χ4n) is 2.65. The number of nitrogens with zero attached hydrogens (tertiary/aromatic N) is 1. The van der Waals surface area contributed by atoms with Gasteiger partial charge in [0.2, 0.25) is 0 Å². The molecule has 0 aliphatic carbocycles. The summed E-state index contributed by atoms with van der Waals surface area (Å²) in [5.74, 6) is 1.01. The summed E-state index contributed by atoms with van der Waals surface area (Å²) < 4.78 is 5.74. The van der Waals surface area contributed by atoms with E-state index in [9.17, 15) is 0 Å². The second-order valence-corrected chi connectivity index (χ2v) is 6.00. The fraction of sp³-hybridized carbons (Fsp3) is 0.353. The summed E-state index contributed by atoms with van der Waals surface area (Å²) in [5, 5.41) is 3.16. The Bertz CT molecular complexity index is 635. The van der Waals surface area contributed by atoms with Gasteiger partial charge in [0.15, 0.2) is 0 Å². The lowest BCUT2D eigenvalue weighted by molar-refractivity contribution is 0.291. The standard InChI is InChI=1S/C17H20N2O/c1-17(2)11-20-16-5-4-13(7-15(16)17)14-6-12(8-18-3)9-19-10-14/h4-7,9-10,18H,8,11H2,1-3H3. The molecule has 1 aliphatic rings. The molecular weight excluding hydrogens is 248 g/mol. The first kappa shape index (κ1) is 13.1. The van der Waals surface area contributed by atoms with Crippen LogP contribution in [0.5, 0.6) is 5.75 Å². The molecule has 3 heteroatoms. The van der Waals surface area contributed by atoms with Gasteiger partial charge >= 0.3 is 0 Å². The molecule has 1 N–H and O–H groups in total. The van der Waals surface area contributed by atoms with Crippen molar-refractivity contribution in [3.63, 3.8) is 0 Å². The number of hydrogen-bond acceptors (Lipinski definition) is 3. The molecule has 0 amide bonds. The quantitative estimate of drug-likeness (QED) is 0.928. The molecule has 0 bridgehead atoms. The zero-order chi connectivity index (χ0) is 14.2. The molecule has 0 spiro atoms. The molecule has 2 heterocycles. The highest BCUT2D eigenvalue weighted by Crippen LogP contribution is 2.40. The maximum absolute atomic E-state index is 5.74. The first-order valence-corrected chi connectivity index (χ1v) is 6.96. The lowest BCUT2D eigenvalue weighted by Crippen LogP contribution is -2.18. The largest absolute Gasteiger partial charge is 0.492 e. The molecule has 0 saturated carbocycles. The van der Waals surface area contributed by atoms with Crippen LogP contribution in [0.25, 0.3) is 11.1 Å². The molecule has 2 aromatic rings. The maximum atomic E-state index is 5.74. The van der Waals surface area contributed by atoms with Crippen molar-refractivity contribution in [3.8, 4) is 16.9 Å². The van der Waals surface area contributed by atoms with E-state index >= 15 is 0 Å². The highest BCUT2D eigenvalue weighted by atomic mass is 16.5. The van der Waals surface area contributed by atoms with Gasteiger partial charge in [-0.3, -0.25) is 4.98 Å². The van der Waals surface area contributed by atoms with Crippen LogP contribution in [0.1, 0.15) is 25.0 Å². The van der Waals surface area contributed by atoms with Crippen LogP contribution in [0, 0.1) is 0 Å². The number of rotatable bonds is 3. The van der Waals surface area contributed by atoms with Crippen LogP contribution in [0.2, 0.25) is 0 Å². The van der Waals surface area contributed by atoms with E-state index in [0.29, 0.717) is 0 Å². The van der Waals surface area contributed by atoms with Crippen molar-refractivity contribution in [2.75, 3.05) is 13.7 Å². The molecule has 0 unspecified atom stereocenters. The molecule has 0 saturated heterocycles. The average Bonchev–Trinajstić information content (AvgIpc) is 2.75. The predicted octanol–water partition coefficient (Wildman–Crippen LogP) is 3.14. The van der Waals surface area contributed by atoms with E-state index in [1.165, 1.54) is 16.7 Å². The Labute approximate surface area is 120 Å². The van der Waals surface area contributed by atoms with Crippen molar-refractivity contribution in [2.45, 2.75) is 25.8 Å². The Balaban J connectivity index is 2.01. The minimum absolute atomic E-state index is 0.0847. The van der Waals surface area contributed by atoms with Crippen molar-refractivity contribution >= 4 is 0 Å². The summed E-state index contributed by atoms with van der Waals surface area (Å²) in [4.78, 5) is 4.34. The molecule has 1 aliphatic heterocycles. The Morgan fingerprint density at radius 1 is 1.20 bits per heavy atom. The molecule has 0 fully saturated rings. The van der Waals surface area contributed by atoms with E-state index in [4.69, 9.17) is 4.74 Å². The SMILES string of the molecule is CNCc1cncc(-c2ccc3c(c2)C(C)(C)CO3)c1. The van der Waals surface area contributed by atoms with E-state index in [1.807, 2.05) is 19.4 Å². The summed E-state index contributed by atoms with van der Waals surface area (Å²) in [6.45, 7) is 6.03. The number of benzene rings is 1. The van der Waals surface area contributed by atoms with Gasteiger partial charge in [-0.1, -0.05) is 19.9 Å². The molecule has 3 rings (SSSR count). The maximum Gasteiger partial charge on any atom is 0.123 e. The molecule has 0 radical (unpaired) electrons. The highest BCUT2D eigenvalue weighted by molar-refractivity contribution is 5.66. The van der Waals surface area contributed by atoms with Gasteiger partial charge in [-0.25, -0.2) is 0 Å². The van der Waals surface area contributed by atoms with Gasteiger partial charge in [0.05, 0.1) is 6.61 Å². The molecule has 0 atom stereocenters. The van der Waals surface area contributed by atoms with Gasteiger partial charge in [0.25, 0.3) is 0 Å². The van der Waals surface area contributed by atoms with E-state index in [1.54, 1.807) is 0 Å². The van der Waals surface area contributed by atoms with Crippen LogP contribution < -0.4 is 10.1 Å². The van der Waals surface area contributed by atoms with Crippen molar-refractivity contribution < 1.29 is 4.74 Å². The molecule has 1 aromatic carbocycles. The summed E-state index contributed by atoms with van der Waals surface area (Å²) >= 11 is 0. The van der Waals surface area contributed by atoms with Crippen molar-refractivity contribution in [1.82, 2.24) is 10.3 Å². The van der Waals surface area contributed by atoms with Crippen molar-refractivity contribution in [3.05, 3.63) is 47.8 Å². The lowest BCUT2D eigenvalue weighted by Gasteiger charge is -2.16. The van der Waals surface area contributed by atoms with Crippen LogP contribution >= 0.6 is 0 Å². The minimum atomic E-state index is 0.0847. The van der Waals surface area contributed by atoms with Gasteiger partial charge in [-0.05, 0) is 36.4 Å². The zero-order valence-corrected chi connectivity index (χ0v) is 12.2. The molecule has 3 nitrogen and oxygen atoms in total. The first-order valence-electron chi connectivity index (χ1n) is 6.96. The third-order valence-corrected chi connectivity index (χ3v) is 3.81. The summed E-state index contributed by atoms with van der Waals surface area (Å²) in [5.41, 5.74) is 4.92. The molecular formula is C17H20N2O. The van der Waals surface area contributed by atoms with E-state index in [-0.39, 0.29) is 5.41 Å². The fourth-order valence-corrected chi connectivity index (χ4v) is 2.65. The average molecular weight is 268 g/mol. The Hall–Kier alpha value is -1.87. The van der Waals surface area contributed by atoms with Gasteiger partial charge < -0.3 is 10.1 Å². The number of nitrogens with one attached hydrogen (secondary N) is 1. The first-order chi connectivity index (χ1) is 9.60. The van der Waals surface area contributed by atoms with Crippen molar-refractivity contribution in [2.24, 2.45) is 0 Å². The smallest absolute Gasteiger partial charge is 0.123 e. The van der Waals surface area contributed by atoms with E-state index in [2.05, 4.69) is 48.4 Å². The van der Waals surface area contributed by atoms with Crippen LogP contribution in [-0.4, -0.2) is 18.6 Å². The Kier molecular flexibility index (Phi) is 3.22. The predicted molar refractivity (Wildman–Crippen MR) is 81.0 cm³/mol. The number of fused-ring (bicyclic) bond motifs is 1. The van der Waals surface area contributed by atoms with Crippen LogP contribution in [0.3, 0.4) is 0 Å². The monoisotopic (exact) mass is 268 g/mol. The second-order valence-electron chi connectivity index (χ2n) is 6.00. The minimum Gasteiger partial charge on any atom is -0.492 e. The van der Waals surface area contributed by atoms with Crippen LogP contribution in [0.15, 0.2) is 36.7 Å². The third-order valence-electron chi connectivity index (χ3n) is 3.81. The highest BCUT2D eigenvalue weighted by Gasteiger charge is 2.31. The van der Waals surface area contributed by atoms with Gasteiger partial charge in [0, 0.05) is 35.5 Å². The van der Waals surface area contributed by atoms with Crippen molar-refractivity contribution in [1.29, 1.82) is 0 Å². The molecule has 1 aromatic heterocycles. The number of aromatic nitrogens is 1. The molecule has 20 heavy (non-hydrogen) atoms. The van der Waals surface area contributed by atoms with E-state index < -0.39 is 0 Å². The van der Waals surface area contributed by atoms with Gasteiger partial charge in [-0.15, -0.1) is 0 Å². The lowest BCUT2D eigenvalue weighted by atomic mass is 9.85. The summed E-state index contributed by atoms with van der Waals surface area (Å²) in [6.07, 6.45) is 3.82. The normalized spacial score (nSPS) is 15.8. The zero-order valence-electron chi connectivity index (χ0n) is 12.2. The third kappa shape index (κ3) is 2.29.